The zero-order chi connectivity index (χ0) is 46.6. The highest BCUT2D eigenvalue weighted by Crippen LogP contribution is 2.36. The average molecular weight is 933 g/mol. The summed E-state index contributed by atoms with van der Waals surface area (Å²) in [5.74, 6) is -3.51. The van der Waals surface area contributed by atoms with Crippen LogP contribution in [0.2, 0.25) is 0 Å². The molecule has 356 valence electrons. The lowest BCUT2D eigenvalue weighted by Crippen LogP contribution is -2.62. The van der Waals surface area contributed by atoms with Crippen molar-refractivity contribution in [2.45, 2.75) is 69.4 Å². The Hall–Kier alpha value is -6.00. The van der Waals surface area contributed by atoms with Crippen LogP contribution in [0.1, 0.15) is 61.3 Å². The Labute approximate surface area is 382 Å². The van der Waals surface area contributed by atoms with E-state index in [1.54, 1.807) is 31.6 Å². The van der Waals surface area contributed by atoms with Gasteiger partial charge in [0.1, 0.15) is 23.1 Å². The summed E-state index contributed by atoms with van der Waals surface area (Å²) < 4.78 is 71.7. The smallest absolute Gasteiger partial charge is 0.329 e. The van der Waals surface area contributed by atoms with Gasteiger partial charge in [0, 0.05) is 83.0 Å². The van der Waals surface area contributed by atoms with Gasteiger partial charge in [0.05, 0.1) is 48.7 Å². The molecule has 3 amide bonds. The summed E-state index contributed by atoms with van der Waals surface area (Å²) >= 11 is 0. The number of rotatable bonds is 10. The van der Waals surface area contributed by atoms with E-state index in [9.17, 15) is 28.0 Å². The largest absolute Gasteiger partial charge is 0.378 e. The molecule has 3 aromatic heterocycles. The van der Waals surface area contributed by atoms with Crippen LogP contribution in [-0.2, 0) is 21.4 Å². The molecular formula is C45H54F4N13O5+. The molecular weight excluding hydrogens is 879 g/mol. The Morgan fingerprint density at radius 2 is 1.76 bits per heavy atom. The number of hydrazone groups is 1. The normalized spacial score (nSPS) is 26.1. The van der Waals surface area contributed by atoms with E-state index in [1.807, 2.05) is 26.8 Å². The van der Waals surface area contributed by atoms with Gasteiger partial charge in [-0.15, -0.1) is 0 Å². The molecule has 22 heteroatoms. The van der Waals surface area contributed by atoms with Crippen LogP contribution < -0.4 is 26.1 Å². The van der Waals surface area contributed by atoms with Gasteiger partial charge in [-0.25, -0.2) is 31.9 Å². The molecule has 10 rings (SSSR count). The number of carbonyl (C=O) groups excluding carboxylic acids is 3. The predicted molar refractivity (Wildman–Crippen MR) is 239 cm³/mol. The fourth-order valence-corrected chi connectivity index (χ4v) is 10.8. The number of imidazole rings is 1. The third-order valence-corrected chi connectivity index (χ3v) is 14.3. The first-order valence-corrected chi connectivity index (χ1v) is 23.1. The minimum Gasteiger partial charge on any atom is -0.378 e. The number of aryl methyl sites for hydroxylation is 1. The molecule has 1 aromatic carbocycles. The third kappa shape index (κ3) is 8.85. The molecule has 0 spiro atoms. The van der Waals surface area contributed by atoms with Crippen LogP contribution in [0.3, 0.4) is 0 Å². The molecule has 4 saturated heterocycles. The number of para-hydroxylation sites is 1. The molecule has 2 atom stereocenters. The second-order valence-corrected chi connectivity index (χ2v) is 18.5. The Morgan fingerprint density at radius 1 is 0.985 bits per heavy atom. The van der Waals surface area contributed by atoms with Crippen LogP contribution in [-0.4, -0.2) is 158 Å². The number of ether oxygens (including phenoxy) is 1. The third-order valence-electron chi connectivity index (χ3n) is 14.3. The number of halogens is 4. The summed E-state index contributed by atoms with van der Waals surface area (Å²) in [6.45, 7) is 5.05. The van der Waals surface area contributed by atoms with Crippen LogP contribution >= 0.6 is 0 Å². The number of carbonyl (C=O) groups is 3. The number of imide groups is 1. The zero-order valence-electron chi connectivity index (χ0n) is 37.2. The fraction of sp³-hybridized carbons (Fsp3) is 0.556. The van der Waals surface area contributed by atoms with Crippen molar-refractivity contribution >= 4 is 57.8 Å². The lowest BCUT2D eigenvalue weighted by molar-refractivity contribution is -0.456. The second-order valence-electron chi connectivity index (χ2n) is 18.5. The fourth-order valence-electron chi connectivity index (χ4n) is 10.8. The average Bonchev–Trinajstić information content (AvgIpc) is 4.00. The molecule has 4 aromatic rings. The molecule has 0 radical (unpaired) electrons. The van der Waals surface area contributed by atoms with Gasteiger partial charge < -0.3 is 19.9 Å². The van der Waals surface area contributed by atoms with Crippen LogP contribution in [0.5, 0.6) is 0 Å². The first-order valence-electron chi connectivity index (χ1n) is 23.1. The van der Waals surface area contributed by atoms with E-state index in [2.05, 4.69) is 30.7 Å². The molecule has 8 heterocycles. The number of nitrogens with zero attached hydrogens (tertiary/aromatic N) is 11. The molecule has 1 aliphatic carbocycles. The van der Waals surface area contributed by atoms with E-state index in [0.717, 1.165) is 31.4 Å². The van der Waals surface area contributed by atoms with Gasteiger partial charge in [-0.1, -0.05) is 10.8 Å². The Balaban J connectivity index is 0.718. The lowest BCUT2D eigenvalue weighted by Gasteiger charge is -2.47. The van der Waals surface area contributed by atoms with Crippen LogP contribution in [0.4, 0.5) is 29.1 Å². The van der Waals surface area contributed by atoms with Crippen molar-refractivity contribution in [3.8, 4) is 0 Å². The van der Waals surface area contributed by atoms with Crippen molar-refractivity contribution in [3.05, 3.63) is 64.6 Å². The van der Waals surface area contributed by atoms with E-state index in [-0.39, 0.29) is 54.1 Å². The van der Waals surface area contributed by atoms with Crippen molar-refractivity contribution in [2.75, 3.05) is 81.9 Å². The van der Waals surface area contributed by atoms with Gasteiger partial charge >= 0.3 is 5.69 Å². The minimum atomic E-state index is -2.94. The number of aromatic nitrogens is 5. The summed E-state index contributed by atoms with van der Waals surface area (Å²) in [5, 5.41) is 13.3. The molecule has 5 aliphatic heterocycles. The number of hydrogen-bond acceptors (Lipinski definition) is 12. The summed E-state index contributed by atoms with van der Waals surface area (Å²) in [4.78, 5) is 64.0. The highest BCUT2D eigenvalue weighted by atomic mass is 19.3. The number of piperidine rings is 2. The van der Waals surface area contributed by atoms with Crippen LogP contribution in [0, 0.1) is 11.8 Å². The number of likely N-dealkylation sites (tertiary alicyclic amines) is 1. The van der Waals surface area contributed by atoms with Gasteiger partial charge in [0.25, 0.3) is 18.3 Å². The van der Waals surface area contributed by atoms with E-state index in [4.69, 9.17) is 4.74 Å². The van der Waals surface area contributed by atoms with Gasteiger partial charge in [-0.05, 0) is 62.6 Å². The van der Waals surface area contributed by atoms with Crippen molar-refractivity contribution in [3.63, 3.8) is 0 Å². The molecule has 67 heavy (non-hydrogen) atoms. The number of hydrogen-bond donors (Lipinski definition) is 2. The predicted octanol–water partition coefficient (Wildman–Crippen LogP) is 2.82. The van der Waals surface area contributed by atoms with Crippen molar-refractivity contribution in [1.82, 2.24) is 44.2 Å². The molecule has 6 aliphatic rings. The Bertz CT molecular complexity index is 2730. The first-order chi connectivity index (χ1) is 32.3. The highest BCUT2D eigenvalue weighted by molar-refractivity contribution is 6.09. The van der Waals surface area contributed by atoms with Crippen LogP contribution in [0.25, 0.3) is 16.7 Å². The number of piperazine rings is 1. The van der Waals surface area contributed by atoms with Gasteiger partial charge in [-0.2, -0.15) is 5.10 Å². The number of amides is 3. The summed E-state index contributed by atoms with van der Waals surface area (Å²) in [5.41, 5.74) is 1.46. The lowest BCUT2D eigenvalue weighted by atomic mass is 9.82. The van der Waals surface area contributed by atoms with Gasteiger partial charge in [0.15, 0.2) is 11.9 Å². The zero-order valence-corrected chi connectivity index (χ0v) is 37.2. The molecule has 5 fully saturated rings. The number of allylic oxidation sites excluding steroid dienone is 1. The van der Waals surface area contributed by atoms with Crippen LogP contribution in [0.15, 0.2) is 58.5 Å². The van der Waals surface area contributed by atoms with Gasteiger partial charge in [-0.3, -0.25) is 38.6 Å². The standard InChI is InChI=1S/C45H53F4N13O5/c1-55-39-32(3-2-4-33(39)62(44(55)66)34-9-10-37(63)53-43(34)65)57-15-17-58(18-16-57)35-11-13-56(27-45(35,48)49)24-28-5-7-29(8-6-28)25-60-26-31(38(54-60)40(46)47)51-42(64)30-23-50-61-14-12-36(52-41(30)61)59-19-21-67-22-20-59/h2-4,12,14,23,25-26,28-29,34-35,40H,5-11,13,15-22,24,27H2,1H3,(H-,51,53,63,64,65)/p+1/b60-25+/t28?,29?,34?,35-/m1/s1. The summed E-state index contributed by atoms with van der Waals surface area (Å²) in [7, 11) is 1.66. The van der Waals surface area contributed by atoms with Gasteiger partial charge in [0.2, 0.25) is 23.7 Å². The van der Waals surface area contributed by atoms with E-state index >= 15 is 8.78 Å². The topological polar surface area (TPSA) is 170 Å². The number of morpholine rings is 1. The number of benzene rings is 1. The Morgan fingerprint density at radius 3 is 2.49 bits per heavy atom. The SMILES string of the molecule is Cn1c(=O)n(C2CCC(=O)NC2=O)c2cccc(N3CCN([C@@H]4CCN(CC5CCC(/C=[N+]6\C=C(NC(=O)c7cnn8ccc(N9CCOCC9)nc78)C(C(F)F)=N6)CC5)CC4(F)F)CC3)c21. The number of fused-ring (bicyclic) bond motifs is 2. The summed E-state index contributed by atoms with van der Waals surface area (Å²) in [6.07, 6.45) is 7.10. The summed E-state index contributed by atoms with van der Waals surface area (Å²) in [6, 6.07) is 5.64. The van der Waals surface area contributed by atoms with Crippen molar-refractivity contribution in [1.29, 1.82) is 0 Å². The van der Waals surface area contributed by atoms with Crippen molar-refractivity contribution < 1.29 is 41.4 Å². The molecule has 2 N–H and O–H groups in total. The second kappa shape index (κ2) is 18.2. The first kappa shape index (κ1) is 44.8. The monoisotopic (exact) mass is 932 g/mol. The number of alkyl halides is 4. The maximum atomic E-state index is 16.0. The molecule has 18 nitrogen and oxygen atoms in total. The molecule has 0 bridgehead atoms. The molecule has 1 saturated carbocycles. The molecule has 1 unspecified atom stereocenters. The van der Waals surface area contributed by atoms with E-state index < -0.39 is 42.0 Å². The maximum Gasteiger partial charge on any atom is 0.329 e. The van der Waals surface area contributed by atoms with Crippen molar-refractivity contribution in [2.24, 2.45) is 24.0 Å². The highest BCUT2D eigenvalue weighted by Gasteiger charge is 2.48. The quantitative estimate of drug-likeness (QED) is 0.136. The minimum absolute atomic E-state index is 0.0283. The number of anilines is 2. The number of nitrogens with one attached hydrogen (secondary N) is 2. The van der Waals surface area contributed by atoms with E-state index in [1.165, 1.54) is 30.7 Å². The maximum absolute atomic E-state index is 16.0. The van der Waals surface area contributed by atoms with E-state index in [0.29, 0.717) is 94.5 Å². The Kier molecular flexibility index (Phi) is 12.2.